The number of carbonyl (C=O) groups excluding carboxylic acids is 1. The Labute approximate surface area is 151 Å². The van der Waals surface area contributed by atoms with Gasteiger partial charge in [0.1, 0.15) is 5.78 Å². The predicted molar refractivity (Wildman–Crippen MR) is 98.5 cm³/mol. The van der Waals surface area contributed by atoms with Gasteiger partial charge in [0.2, 0.25) is 10.0 Å². The van der Waals surface area contributed by atoms with Crippen molar-refractivity contribution >= 4 is 15.8 Å². The van der Waals surface area contributed by atoms with Crippen LogP contribution in [-0.4, -0.2) is 26.5 Å². The number of carbonyl (C=O) groups is 1. The monoisotopic (exact) mass is 365 g/mol. The Balaban J connectivity index is 1.68. The number of sulfonamides is 1. The first-order valence-electron chi connectivity index (χ1n) is 9.83. The average molecular weight is 366 g/mol. The maximum absolute atomic E-state index is 11.9. The normalized spacial score (nSPS) is 44.3. The molecule has 0 amide bonds. The van der Waals surface area contributed by atoms with E-state index in [1.165, 1.54) is 12.7 Å². The van der Waals surface area contributed by atoms with Gasteiger partial charge >= 0.3 is 0 Å². The molecule has 5 heteroatoms. The van der Waals surface area contributed by atoms with E-state index in [1.54, 1.807) is 11.1 Å². The van der Waals surface area contributed by atoms with Crippen molar-refractivity contribution in [3.63, 3.8) is 0 Å². The fourth-order valence-corrected chi connectivity index (χ4v) is 7.57. The zero-order chi connectivity index (χ0) is 18.0. The SMILES string of the molecule is C[C@]12CC[C@@]3(C)C(=C1C[C@@H](NS(C)(=O)=O)C2)CC[C@H]1CC(=O)CC[C@@H]13. The van der Waals surface area contributed by atoms with Crippen molar-refractivity contribution in [3.8, 4) is 0 Å². The number of rotatable bonds is 2. The summed E-state index contributed by atoms with van der Waals surface area (Å²) in [5, 5.41) is 0. The van der Waals surface area contributed by atoms with Gasteiger partial charge in [0.25, 0.3) is 0 Å². The highest BCUT2D eigenvalue weighted by molar-refractivity contribution is 7.88. The fraction of sp³-hybridized carbons (Fsp3) is 0.850. The van der Waals surface area contributed by atoms with Crippen LogP contribution in [0.5, 0.6) is 0 Å². The second kappa shape index (κ2) is 5.66. The highest BCUT2D eigenvalue weighted by Gasteiger charge is 2.54. The highest BCUT2D eigenvalue weighted by atomic mass is 32.2. The zero-order valence-corrected chi connectivity index (χ0v) is 16.5. The molecular weight excluding hydrogens is 334 g/mol. The van der Waals surface area contributed by atoms with Gasteiger partial charge in [-0.2, -0.15) is 0 Å². The van der Waals surface area contributed by atoms with Crippen LogP contribution in [0.2, 0.25) is 0 Å². The van der Waals surface area contributed by atoms with E-state index in [4.69, 9.17) is 0 Å². The van der Waals surface area contributed by atoms with E-state index in [0.717, 1.165) is 51.4 Å². The first-order valence-corrected chi connectivity index (χ1v) is 11.7. The molecular formula is C20H31NO3S. The van der Waals surface area contributed by atoms with Crippen molar-refractivity contribution in [2.75, 3.05) is 6.26 Å². The topological polar surface area (TPSA) is 63.2 Å². The first kappa shape index (κ1) is 17.7. The molecule has 4 nitrogen and oxygen atoms in total. The summed E-state index contributed by atoms with van der Waals surface area (Å²) < 4.78 is 26.3. The molecule has 0 aliphatic heterocycles. The van der Waals surface area contributed by atoms with Crippen molar-refractivity contribution in [2.24, 2.45) is 22.7 Å². The largest absolute Gasteiger partial charge is 0.300 e. The van der Waals surface area contributed by atoms with Crippen LogP contribution in [0.4, 0.5) is 0 Å². The molecule has 4 aliphatic carbocycles. The molecule has 3 saturated carbocycles. The van der Waals surface area contributed by atoms with Crippen LogP contribution in [0.25, 0.3) is 0 Å². The highest BCUT2D eigenvalue weighted by Crippen LogP contribution is 2.64. The van der Waals surface area contributed by atoms with Crippen LogP contribution < -0.4 is 4.72 Å². The van der Waals surface area contributed by atoms with Crippen molar-refractivity contribution in [2.45, 2.75) is 77.7 Å². The molecule has 0 radical (unpaired) electrons. The molecule has 0 aromatic carbocycles. The van der Waals surface area contributed by atoms with Crippen molar-refractivity contribution < 1.29 is 13.2 Å². The van der Waals surface area contributed by atoms with E-state index in [1.807, 2.05) is 0 Å². The summed E-state index contributed by atoms with van der Waals surface area (Å²) in [6.07, 6.45) is 10.3. The fourth-order valence-electron chi connectivity index (χ4n) is 6.80. The standard InChI is InChI=1S/C20H31NO3S/c1-19-8-9-20(2)16-7-5-15(22)10-13(16)4-6-17(20)18(19)11-14(12-19)21-25(3,23)24/h13-14,16,21H,4-12H2,1-3H3/t13-,14+,16-,19+,20+/m0/s1. The average Bonchev–Trinajstić information content (AvgIpc) is 2.81. The summed E-state index contributed by atoms with van der Waals surface area (Å²) in [6, 6.07) is 0.0514. The molecule has 4 rings (SSSR count). The molecule has 3 fully saturated rings. The number of hydrogen-bond acceptors (Lipinski definition) is 3. The number of fused-ring (bicyclic) bond motifs is 4. The minimum atomic E-state index is -3.16. The maximum atomic E-state index is 11.9. The van der Waals surface area contributed by atoms with E-state index in [0.29, 0.717) is 17.6 Å². The van der Waals surface area contributed by atoms with Crippen LogP contribution in [0.1, 0.15) is 71.6 Å². The molecule has 0 aromatic heterocycles. The van der Waals surface area contributed by atoms with Crippen molar-refractivity contribution in [3.05, 3.63) is 11.1 Å². The summed E-state index contributed by atoms with van der Waals surface area (Å²) >= 11 is 0. The predicted octanol–water partition coefficient (Wildman–Crippen LogP) is 3.58. The molecule has 0 bridgehead atoms. The van der Waals surface area contributed by atoms with E-state index in [2.05, 4.69) is 18.6 Å². The van der Waals surface area contributed by atoms with Crippen molar-refractivity contribution in [1.29, 1.82) is 0 Å². The minimum absolute atomic E-state index is 0.0514. The minimum Gasteiger partial charge on any atom is -0.300 e. The smallest absolute Gasteiger partial charge is 0.208 e. The lowest BCUT2D eigenvalue weighted by atomic mass is 9.49. The van der Waals surface area contributed by atoms with Gasteiger partial charge in [-0.25, -0.2) is 13.1 Å². The lowest BCUT2D eigenvalue weighted by Gasteiger charge is -2.55. The quantitative estimate of drug-likeness (QED) is 0.761. The third-order valence-electron chi connectivity index (χ3n) is 7.88. The van der Waals surface area contributed by atoms with Gasteiger partial charge in [0.15, 0.2) is 0 Å². The Bertz CT molecular complexity index is 740. The van der Waals surface area contributed by atoms with Gasteiger partial charge in [-0.15, -0.1) is 0 Å². The molecule has 140 valence electrons. The second-order valence-corrected chi connectivity index (χ2v) is 11.4. The van der Waals surface area contributed by atoms with Crippen LogP contribution in [0.15, 0.2) is 11.1 Å². The van der Waals surface area contributed by atoms with E-state index in [9.17, 15) is 13.2 Å². The third-order valence-corrected chi connectivity index (χ3v) is 8.64. The summed E-state index contributed by atoms with van der Waals surface area (Å²) in [6.45, 7) is 4.79. The molecule has 0 aromatic rings. The van der Waals surface area contributed by atoms with Gasteiger partial charge < -0.3 is 0 Å². The van der Waals surface area contributed by atoms with Crippen LogP contribution >= 0.6 is 0 Å². The number of allylic oxidation sites excluding steroid dienone is 1. The van der Waals surface area contributed by atoms with Gasteiger partial charge in [-0.05, 0) is 67.6 Å². The Morgan fingerprint density at radius 2 is 1.80 bits per heavy atom. The van der Waals surface area contributed by atoms with Crippen LogP contribution in [0.3, 0.4) is 0 Å². The molecule has 0 unspecified atom stereocenters. The Hall–Kier alpha value is -0.680. The molecule has 25 heavy (non-hydrogen) atoms. The third kappa shape index (κ3) is 2.91. The van der Waals surface area contributed by atoms with Gasteiger partial charge in [-0.1, -0.05) is 25.0 Å². The lowest BCUT2D eigenvalue weighted by molar-refractivity contribution is -0.125. The molecule has 0 heterocycles. The summed E-state index contributed by atoms with van der Waals surface area (Å²) in [4.78, 5) is 11.9. The molecule has 0 saturated heterocycles. The summed E-state index contributed by atoms with van der Waals surface area (Å²) in [7, 11) is -3.16. The van der Waals surface area contributed by atoms with Crippen LogP contribution in [0, 0.1) is 22.7 Å². The summed E-state index contributed by atoms with van der Waals surface area (Å²) in [5.74, 6) is 1.68. The summed E-state index contributed by atoms with van der Waals surface area (Å²) in [5.41, 5.74) is 3.58. The van der Waals surface area contributed by atoms with E-state index in [-0.39, 0.29) is 16.9 Å². The molecule has 0 spiro atoms. The molecule has 1 N–H and O–H groups in total. The first-order chi connectivity index (χ1) is 11.6. The number of ketones is 1. The number of Topliss-reactive ketones (excluding diaryl/α,β-unsaturated/α-hetero) is 1. The molecule has 5 atom stereocenters. The zero-order valence-electron chi connectivity index (χ0n) is 15.7. The van der Waals surface area contributed by atoms with E-state index < -0.39 is 10.0 Å². The Morgan fingerprint density at radius 1 is 1.04 bits per heavy atom. The van der Waals surface area contributed by atoms with Crippen LogP contribution in [-0.2, 0) is 14.8 Å². The number of nitrogens with one attached hydrogen (secondary N) is 1. The Kier molecular flexibility index (Phi) is 4.01. The second-order valence-electron chi connectivity index (χ2n) is 9.62. The van der Waals surface area contributed by atoms with Gasteiger partial charge in [0, 0.05) is 18.9 Å². The molecule has 4 aliphatic rings. The number of hydrogen-bond donors (Lipinski definition) is 1. The van der Waals surface area contributed by atoms with Gasteiger partial charge in [0.05, 0.1) is 6.26 Å². The van der Waals surface area contributed by atoms with Crippen molar-refractivity contribution in [1.82, 2.24) is 4.72 Å². The Morgan fingerprint density at radius 3 is 2.52 bits per heavy atom. The van der Waals surface area contributed by atoms with E-state index >= 15 is 0 Å². The lowest BCUT2D eigenvalue weighted by Crippen LogP contribution is -2.46. The maximum Gasteiger partial charge on any atom is 0.208 e. The van der Waals surface area contributed by atoms with Gasteiger partial charge in [-0.3, -0.25) is 4.79 Å².